The van der Waals surface area contributed by atoms with Crippen LogP contribution in [0.15, 0.2) is 0 Å². The summed E-state index contributed by atoms with van der Waals surface area (Å²) in [4.78, 5) is 0. The fraction of sp³-hybridized carbons (Fsp3) is 1.00. The van der Waals surface area contributed by atoms with E-state index in [1.807, 2.05) is 0 Å². The summed E-state index contributed by atoms with van der Waals surface area (Å²) in [5, 5.41) is 3.53. The van der Waals surface area contributed by atoms with Crippen LogP contribution in [0.1, 0.15) is 59.8 Å². The van der Waals surface area contributed by atoms with Crippen LogP contribution in [0.2, 0.25) is 0 Å². The Hall–Kier alpha value is -0.120. The van der Waals surface area contributed by atoms with Gasteiger partial charge in [0.15, 0.2) is 0 Å². The molecule has 0 bridgehead atoms. The number of ether oxygens (including phenoxy) is 2. The maximum absolute atomic E-state index is 6.24. The van der Waals surface area contributed by atoms with E-state index in [1.165, 1.54) is 25.7 Å². The van der Waals surface area contributed by atoms with Crippen molar-refractivity contribution in [3.05, 3.63) is 0 Å². The molecule has 1 fully saturated rings. The van der Waals surface area contributed by atoms with Gasteiger partial charge in [-0.25, -0.2) is 0 Å². The molecule has 0 radical (unpaired) electrons. The second kappa shape index (κ2) is 6.88. The first-order chi connectivity index (χ1) is 8.39. The summed E-state index contributed by atoms with van der Waals surface area (Å²) in [6.07, 6.45) is 5.94. The Labute approximate surface area is 113 Å². The molecule has 0 aliphatic heterocycles. The van der Waals surface area contributed by atoms with Crippen molar-refractivity contribution in [3.8, 4) is 0 Å². The average molecular weight is 257 g/mol. The van der Waals surface area contributed by atoms with Gasteiger partial charge in [0.2, 0.25) is 0 Å². The lowest BCUT2D eigenvalue weighted by Gasteiger charge is -2.32. The number of hydrogen-bond acceptors (Lipinski definition) is 3. The van der Waals surface area contributed by atoms with Gasteiger partial charge in [-0.3, -0.25) is 0 Å². The third kappa shape index (κ3) is 5.25. The fourth-order valence-electron chi connectivity index (χ4n) is 2.40. The van der Waals surface area contributed by atoms with Crippen molar-refractivity contribution in [2.24, 2.45) is 0 Å². The molecular formula is C15H31NO2. The summed E-state index contributed by atoms with van der Waals surface area (Å²) in [6.45, 7) is 10.4. The molecule has 1 rings (SSSR count). The Morgan fingerprint density at radius 2 is 1.83 bits per heavy atom. The van der Waals surface area contributed by atoms with Gasteiger partial charge in [0.25, 0.3) is 0 Å². The van der Waals surface area contributed by atoms with Crippen molar-refractivity contribution in [2.75, 3.05) is 20.3 Å². The summed E-state index contributed by atoms with van der Waals surface area (Å²) in [5.41, 5.74) is -0.000633. The Morgan fingerprint density at radius 1 is 1.22 bits per heavy atom. The normalized spacial score (nSPS) is 19.7. The highest BCUT2D eigenvalue weighted by atomic mass is 16.5. The number of nitrogens with one attached hydrogen (secondary N) is 1. The first kappa shape index (κ1) is 15.9. The number of hydrogen-bond donors (Lipinski definition) is 1. The Bertz CT molecular complexity index is 233. The van der Waals surface area contributed by atoms with Crippen LogP contribution in [-0.2, 0) is 9.47 Å². The van der Waals surface area contributed by atoms with Crippen molar-refractivity contribution in [1.82, 2.24) is 5.32 Å². The third-order valence-electron chi connectivity index (χ3n) is 4.01. The Morgan fingerprint density at radius 3 is 2.33 bits per heavy atom. The largest absolute Gasteiger partial charge is 0.379 e. The fourth-order valence-corrected chi connectivity index (χ4v) is 2.40. The van der Waals surface area contributed by atoms with Gasteiger partial charge in [-0.2, -0.15) is 0 Å². The van der Waals surface area contributed by atoms with Crippen LogP contribution in [0.5, 0.6) is 0 Å². The van der Waals surface area contributed by atoms with Gasteiger partial charge in [0, 0.05) is 19.7 Å². The highest BCUT2D eigenvalue weighted by Gasteiger charge is 2.35. The summed E-state index contributed by atoms with van der Waals surface area (Å²) < 4.78 is 11.7. The van der Waals surface area contributed by atoms with Gasteiger partial charge in [-0.15, -0.1) is 0 Å². The lowest BCUT2D eigenvalue weighted by atomic mass is 10.0. The van der Waals surface area contributed by atoms with E-state index in [2.05, 4.69) is 33.0 Å². The van der Waals surface area contributed by atoms with E-state index in [-0.39, 0.29) is 11.2 Å². The molecule has 0 saturated heterocycles. The van der Waals surface area contributed by atoms with Crippen molar-refractivity contribution in [1.29, 1.82) is 0 Å². The molecule has 3 heteroatoms. The highest BCUT2D eigenvalue weighted by molar-refractivity contribution is 4.89. The molecule has 0 aromatic carbocycles. The molecule has 3 nitrogen and oxygen atoms in total. The molecule has 1 aliphatic carbocycles. The minimum absolute atomic E-state index is 0.0775. The van der Waals surface area contributed by atoms with E-state index in [0.717, 1.165) is 19.6 Å². The SMILES string of the molecule is COC(C)(C)CCOC1(CNC(C)C)CCCC1. The van der Waals surface area contributed by atoms with Crippen molar-refractivity contribution in [2.45, 2.75) is 77.0 Å². The van der Waals surface area contributed by atoms with Crippen molar-refractivity contribution in [3.63, 3.8) is 0 Å². The van der Waals surface area contributed by atoms with E-state index in [9.17, 15) is 0 Å². The molecule has 18 heavy (non-hydrogen) atoms. The van der Waals surface area contributed by atoms with E-state index in [1.54, 1.807) is 7.11 Å². The quantitative estimate of drug-likeness (QED) is 0.724. The van der Waals surface area contributed by atoms with E-state index in [0.29, 0.717) is 6.04 Å². The van der Waals surface area contributed by atoms with Crippen molar-refractivity contribution < 1.29 is 9.47 Å². The molecule has 0 heterocycles. The summed E-state index contributed by atoms with van der Waals surface area (Å²) in [7, 11) is 1.77. The zero-order valence-electron chi connectivity index (χ0n) is 12.8. The smallest absolute Gasteiger partial charge is 0.0806 e. The molecule has 0 atom stereocenters. The molecule has 1 saturated carbocycles. The van der Waals surface area contributed by atoms with E-state index < -0.39 is 0 Å². The predicted molar refractivity (Wildman–Crippen MR) is 76.0 cm³/mol. The zero-order valence-corrected chi connectivity index (χ0v) is 12.8. The maximum atomic E-state index is 6.24. The molecular weight excluding hydrogens is 226 g/mol. The molecule has 108 valence electrons. The van der Waals surface area contributed by atoms with Crippen LogP contribution < -0.4 is 5.32 Å². The lowest BCUT2D eigenvalue weighted by molar-refractivity contribution is -0.0714. The minimum atomic E-state index is -0.0781. The zero-order chi connectivity index (χ0) is 13.6. The van der Waals surface area contributed by atoms with Gasteiger partial charge in [0.05, 0.1) is 17.8 Å². The second-order valence-electron chi connectivity index (χ2n) is 6.49. The first-order valence-electron chi connectivity index (χ1n) is 7.32. The minimum Gasteiger partial charge on any atom is -0.379 e. The van der Waals surface area contributed by atoms with Gasteiger partial charge in [0.1, 0.15) is 0 Å². The molecule has 1 N–H and O–H groups in total. The van der Waals surface area contributed by atoms with Crippen LogP contribution in [0.25, 0.3) is 0 Å². The van der Waals surface area contributed by atoms with Crippen LogP contribution in [0.3, 0.4) is 0 Å². The molecule has 0 aromatic heterocycles. The van der Waals surface area contributed by atoms with E-state index in [4.69, 9.17) is 9.47 Å². The highest BCUT2D eigenvalue weighted by Crippen LogP contribution is 2.33. The van der Waals surface area contributed by atoms with Crippen LogP contribution >= 0.6 is 0 Å². The third-order valence-corrected chi connectivity index (χ3v) is 4.01. The molecule has 0 unspecified atom stereocenters. The summed E-state index contributed by atoms with van der Waals surface area (Å²) in [6, 6.07) is 0.529. The second-order valence-corrected chi connectivity index (χ2v) is 6.49. The Kier molecular flexibility index (Phi) is 6.09. The van der Waals surface area contributed by atoms with Crippen LogP contribution in [0.4, 0.5) is 0 Å². The molecule has 0 aromatic rings. The topological polar surface area (TPSA) is 30.5 Å². The van der Waals surface area contributed by atoms with Crippen LogP contribution in [0, 0.1) is 0 Å². The van der Waals surface area contributed by atoms with Crippen molar-refractivity contribution >= 4 is 0 Å². The van der Waals surface area contributed by atoms with E-state index >= 15 is 0 Å². The average Bonchev–Trinajstić information content (AvgIpc) is 2.76. The molecule has 1 aliphatic rings. The predicted octanol–water partition coefficient (Wildman–Crippen LogP) is 3.13. The van der Waals surface area contributed by atoms with Gasteiger partial charge in [-0.05, 0) is 33.1 Å². The Balaban J connectivity index is 2.38. The maximum Gasteiger partial charge on any atom is 0.0806 e. The molecule has 0 amide bonds. The number of methoxy groups -OCH3 is 1. The summed E-state index contributed by atoms with van der Waals surface area (Å²) >= 11 is 0. The first-order valence-corrected chi connectivity index (χ1v) is 7.32. The lowest BCUT2D eigenvalue weighted by Crippen LogP contribution is -2.44. The van der Waals surface area contributed by atoms with Crippen LogP contribution in [-0.4, -0.2) is 37.5 Å². The monoisotopic (exact) mass is 257 g/mol. The van der Waals surface area contributed by atoms with Gasteiger partial charge < -0.3 is 14.8 Å². The van der Waals surface area contributed by atoms with Gasteiger partial charge in [-0.1, -0.05) is 26.7 Å². The summed E-state index contributed by atoms with van der Waals surface area (Å²) in [5.74, 6) is 0. The van der Waals surface area contributed by atoms with Gasteiger partial charge >= 0.3 is 0 Å². The molecule has 0 spiro atoms. The standard InChI is InChI=1S/C15H31NO2/c1-13(2)16-12-15(8-6-7-9-15)18-11-10-14(3,4)17-5/h13,16H,6-12H2,1-5H3. The number of rotatable bonds is 8.